The van der Waals surface area contributed by atoms with Crippen LogP contribution in [0, 0.1) is 0 Å². The van der Waals surface area contributed by atoms with Crippen molar-refractivity contribution in [1.82, 2.24) is 15.5 Å². The third-order valence-electron chi connectivity index (χ3n) is 5.69. The molecule has 32 heavy (non-hydrogen) atoms. The number of nitrogens with zero attached hydrogens (tertiary/aromatic N) is 2. The molecule has 0 spiro atoms. The molecular weight excluding hydrogens is 404 g/mol. The molecule has 0 saturated carbocycles. The van der Waals surface area contributed by atoms with Gasteiger partial charge in [-0.05, 0) is 23.8 Å². The first-order valence-corrected chi connectivity index (χ1v) is 10.9. The summed E-state index contributed by atoms with van der Waals surface area (Å²) >= 11 is 0. The monoisotopic (exact) mass is 438 g/mol. The number of aliphatic imine (C=N–C) groups is 1. The van der Waals surface area contributed by atoms with Crippen LogP contribution < -0.4 is 20.1 Å². The maximum Gasteiger partial charge on any atom is 0.243 e. The Morgan fingerprint density at radius 3 is 2.75 bits per heavy atom. The molecule has 0 fully saturated rings. The topological polar surface area (TPSA) is 75.2 Å². The van der Waals surface area contributed by atoms with Gasteiger partial charge >= 0.3 is 0 Å². The van der Waals surface area contributed by atoms with E-state index in [9.17, 15) is 4.79 Å². The molecule has 0 aliphatic carbocycles. The number of rotatable bonds is 7. The number of likely N-dealkylation sites (N-methyl/N-ethyl adjacent to an activating group) is 1. The number of benzene rings is 2. The lowest BCUT2D eigenvalue weighted by molar-refractivity contribution is -0.127. The summed E-state index contributed by atoms with van der Waals surface area (Å²) < 4.78 is 11.2. The summed E-state index contributed by atoms with van der Waals surface area (Å²) in [7, 11) is 5.14. The number of amides is 1. The third kappa shape index (κ3) is 5.93. The Hall–Kier alpha value is -3.22. The van der Waals surface area contributed by atoms with E-state index in [1.165, 1.54) is 0 Å². The molecule has 7 nitrogen and oxygen atoms in total. The maximum atomic E-state index is 12.2. The van der Waals surface area contributed by atoms with Gasteiger partial charge in [-0.25, -0.2) is 4.99 Å². The zero-order chi connectivity index (χ0) is 23.1. The van der Waals surface area contributed by atoms with E-state index in [0.29, 0.717) is 19.1 Å². The van der Waals surface area contributed by atoms with Crippen molar-refractivity contribution >= 4 is 11.9 Å². The Labute approximate surface area is 190 Å². The Balaban J connectivity index is 1.77. The molecule has 1 aliphatic heterocycles. The average Bonchev–Trinajstić information content (AvgIpc) is 2.80. The number of hydrogen-bond donors (Lipinski definition) is 2. The number of ether oxygens (including phenoxy) is 2. The third-order valence-corrected chi connectivity index (χ3v) is 5.69. The van der Waals surface area contributed by atoms with Gasteiger partial charge in [-0.2, -0.15) is 0 Å². The van der Waals surface area contributed by atoms with Gasteiger partial charge in [0, 0.05) is 38.0 Å². The second-order valence-corrected chi connectivity index (χ2v) is 8.79. The molecule has 2 N–H and O–H groups in total. The Morgan fingerprint density at radius 2 is 2.00 bits per heavy atom. The average molecular weight is 439 g/mol. The van der Waals surface area contributed by atoms with E-state index in [1.54, 1.807) is 26.1 Å². The van der Waals surface area contributed by atoms with Crippen molar-refractivity contribution in [3.05, 3.63) is 59.7 Å². The molecule has 1 atom stereocenters. The van der Waals surface area contributed by atoms with E-state index in [-0.39, 0.29) is 23.9 Å². The number of nitrogens with one attached hydrogen (secondary N) is 2. The Kier molecular flexibility index (Phi) is 7.62. The quantitative estimate of drug-likeness (QED) is 0.513. The Bertz CT molecular complexity index is 956. The minimum Gasteiger partial charge on any atom is -0.497 e. The highest BCUT2D eigenvalue weighted by molar-refractivity contribution is 5.85. The number of carbonyl (C=O) groups is 1. The number of guanidine groups is 1. The summed E-state index contributed by atoms with van der Waals surface area (Å²) in [5.74, 6) is 2.28. The zero-order valence-electron chi connectivity index (χ0n) is 19.6. The van der Waals surface area contributed by atoms with Crippen LogP contribution >= 0.6 is 0 Å². The first-order valence-electron chi connectivity index (χ1n) is 10.9. The van der Waals surface area contributed by atoms with Crippen LogP contribution in [0.2, 0.25) is 0 Å². The van der Waals surface area contributed by atoms with Crippen LogP contribution in [0.15, 0.2) is 53.5 Å². The van der Waals surface area contributed by atoms with Crippen LogP contribution in [0.1, 0.15) is 37.4 Å². The summed E-state index contributed by atoms with van der Waals surface area (Å²) in [6.07, 6.45) is 0.818. The maximum absolute atomic E-state index is 12.2. The first-order chi connectivity index (χ1) is 15.3. The van der Waals surface area contributed by atoms with Crippen molar-refractivity contribution in [2.24, 2.45) is 4.99 Å². The van der Waals surface area contributed by atoms with Crippen LogP contribution in [0.4, 0.5) is 0 Å². The fraction of sp³-hybridized carbons (Fsp3) is 0.440. The van der Waals surface area contributed by atoms with Gasteiger partial charge in [0.15, 0.2) is 5.96 Å². The highest BCUT2D eigenvalue weighted by Crippen LogP contribution is 2.31. The fourth-order valence-corrected chi connectivity index (χ4v) is 3.55. The van der Waals surface area contributed by atoms with Gasteiger partial charge in [-0.15, -0.1) is 0 Å². The van der Waals surface area contributed by atoms with Crippen molar-refractivity contribution < 1.29 is 14.3 Å². The van der Waals surface area contributed by atoms with E-state index in [1.807, 2.05) is 30.3 Å². The zero-order valence-corrected chi connectivity index (χ0v) is 19.6. The highest BCUT2D eigenvalue weighted by atomic mass is 16.5. The van der Waals surface area contributed by atoms with Crippen molar-refractivity contribution in [1.29, 1.82) is 0 Å². The second kappa shape index (κ2) is 10.4. The molecule has 0 bridgehead atoms. The molecule has 0 saturated heterocycles. The normalized spacial score (nSPS) is 15.9. The minimum atomic E-state index is -0.184. The summed E-state index contributed by atoms with van der Waals surface area (Å²) in [6, 6.07) is 16.2. The van der Waals surface area contributed by atoms with Gasteiger partial charge in [0.1, 0.15) is 18.0 Å². The van der Waals surface area contributed by atoms with Gasteiger partial charge in [-0.1, -0.05) is 44.2 Å². The highest BCUT2D eigenvalue weighted by Gasteiger charge is 2.25. The van der Waals surface area contributed by atoms with Gasteiger partial charge in [0.25, 0.3) is 0 Å². The molecule has 0 aromatic heterocycles. The van der Waals surface area contributed by atoms with E-state index < -0.39 is 0 Å². The first kappa shape index (κ1) is 23.4. The predicted octanol–water partition coefficient (Wildman–Crippen LogP) is 3.12. The smallest absolute Gasteiger partial charge is 0.243 e. The molecule has 0 radical (unpaired) electrons. The number of carbonyl (C=O) groups excluding carboxylic acids is 1. The van der Waals surface area contributed by atoms with Crippen molar-refractivity contribution in [3.63, 3.8) is 0 Å². The van der Waals surface area contributed by atoms with Crippen LogP contribution in [0.25, 0.3) is 0 Å². The van der Waals surface area contributed by atoms with Crippen molar-refractivity contribution in [2.45, 2.75) is 31.7 Å². The van der Waals surface area contributed by atoms with Crippen molar-refractivity contribution in [3.8, 4) is 11.5 Å². The fourth-order valence-electron chi connectivity index (χ4n) is 3.55. The molecule has 1 unspecified atom stereocenters. The number of hydrogen-bond acceptors (Lipinski definition) is 4. The molecule has 172 valence electrons. The van der Waals surface area contributed by atoms with Crippen LogP contribution in [-0.4, -0.2) is 57.7 Å². The molecule has 1 amide bonds. The number of fused-ring (bicyclic) bond motifs is 1. The summed E-state index contributed by atoms with van der Waals surface area (Å²) in [5, 5.41) is 6.97. The molecule has 7 heteroatoms. The second-order valence-electron chi connectivity index (χ2n) is 8.79. The van der Waals surface area contributed by atoms with Gasteiger partial charge in [0.2, 0.25) is 5.91 Å². The Morgan fingerprint density at radius 1 is 1.22 bits per heavy atom. The summed E-state index contributed by atoms with van der Waals surface area (Å²) in [6.45, 7) is 5.68. The predicted molar refractivity (Wildman–Crippen MR) is 127 cm³/mol. The summed E-state index contributed by atoms with van der Waals surface area (Å²) in [5.41, 5.74) is 2.07. The molecule has 2 aromatic carbocycles. The van der Waals surface area contributed by atoms with E-state index >= 15 is 0 Å². The SMILES string of the molecule is COc1cccc(C(C)(C)CNC(=NCC(=O)N(C)C)NC2CCOc3ccccc32)c1. The molecule has 1 heterocycles. The van der Waals surface area contributed by atoms with Crippen LogP contribution in [-0.2, 0) is 10.2 Å². The lowest BCUT2D eigenvalue weighted by Crippen LogP contribution is -2.46. The molecule has 2 aromatic rings. The minimum absolute atomic E-state index is 0.0504. The van der Waals surface area contributed by atoms with E-state index in [2.05, 4.69) is 47.7 Å². The largest absolute Gasteiger partial charge is 0.497 e. The van der Waals surface area contributed by atoms with E-state index in [0.717, 1.165) is 29.0 Å². The lowest BCUT2D eigenvalue weighted by atomic mass is 9.84. The molecular formula is C25H34N4O3. The molecule has 3 rings (SSSR count). The van der Waals surface area contributed by atoms with Gasteiger partial charge in [0.05, 0.1) is 19.8 Å². The van der Waals surface area contributed by atoms with Gasteiger partial charge < -0.3 is 25.0 Å². The number of para-hydroxylation sites is 1. The van der Waals surface area contributed by atoms with Crippen LogP contribution in [0.5, 0.6) is 11.5 Å². The number of methoxy groups -OCH3 is 1. The van der Waals surface area contributed by atoms with E-state index in [4.69, 9.17) is 9.47 Å². The van der Waals surface area contributed by atoms with Gasteiger partial charge in [-0.3, -0.25) is 4.79 Å². The standard InChI is InChI=1S/C25H34N4O3/c1-25(2,18-9-8-10-19(15-18)31-5)17-27-24(26-16-23(30)29(3)4)28-21-13-14-32-22-12-7-6-11-20(21)22/h6-12,15,21H,13-14,16-17H2,1-5H3,(H2,26,27,28). The molecule has 1 aliphatic rings. The summed E-state index contributed by atoms with van der Waals surface area (Å²) in [4.78, 5) is 18.3. The van der Waals surface area contributed by atoms with Crippen molar-refractivity contribution in [2.75, 3.05) is 40.9 Å². The van der Waals surface area contributed by atoms with Crippen LogP contribution in [0.3, 0.4) is 0 Å². The lowest BCUT2D eigenvalue weighted by Gasteiger charge is -2.30.